The fourth-order valence-corrected chi connectivity index (χ4v) is 3.58. The molecule has 1 aliphatic heterocycles. The maximum Gasteiger partial charge on any atom is 0.253 e. The molecule has 2 heterocycles. The Morgan fingerprint density at radius 2 is 1.72 bits per heavy atom. The van der Waals surface area contributed by atoms with E-state index in [0.29, 0.717) is 24.7 Å². The van der Waals surface area contributed by atoms with Gasteiger partial charge in [0.15, 0.2) is 5.82 Å². The van der Waals surface area contributed by atoms with Crippen molar-refractivity contribution in [2.75, 3.05) is 26.2 Å². The monoisotopic (exact) mass is 410 g/mol. The summed E-state index contributed by atoms with van der Waals surface area (Å²) < 4.78 is 1.73. The van der Waals surface area contributed by atoms with Crippen molar-refractivity contribution in [2.45, 2.75) is 20.4 Å². The Labute approximate surface area is 174 Å². The highest BCUT2D eigenvalue weighted by molar-refractivity contribution is 6.30. The minimum Gasteiger partial charge on any atom is -0.336 e. The predicted octanol–water partition coefficient (Wildman–Crippen LogP) is 2.89. The lowest BCUT2D eigenvalue weighted by atomic mass is 10.1. The second kappa shape index (κ2) is 8.31. The van der Waals surface area contributed by atoms with Crippen LogP contribution in [-0.2, 0) is 6.54 Å². The van der Waals surface area contributed by atoms with E-state index in [9.17, 15) is 4.79 Å². The quantitative estimate of drug-likeness (QED) is 0.661. The molecular weight excluding hydrogens is 388 g/mol. The summed E-state index contributed by atoms with van der Waals surface area (Å²) in [5, 5.41) is 12.8. The summed E-state index contributed by atoms with van der Waals surface area (Å²) in [7, 11) is 0. The molecule has 8 heteroatoms. The van der Waals surface area contributed by atoms with Crippen LogP contribution in [0.3, 0.4) is 0 Å². The SMILES string of the molecule is Cc1ccc(C(=O)N2CCN(Cc3nnnn3-c3ccc(Cl)cc3)CC2)cc1C. The molecule has 1 amide bonds. The largest absolute Gasteiger partial charge is 0.336 e. The maximum absolute atomic E-state index is 12.8. The van der Waals surface area contributed by atoms with Gasteiger partial charge in [-0.3, -0.25) is 9.69 Å². The second-order valence-electron chi connectivity index (χ2n) is 7.35. The Kier molecular flexibility index (Phi) is 5.60. The minimum atomic E-state index is 0.0961. The summed E-state index contributed by atoms with van der Waals surface area (Å²) in [6, 6.07) is 13.3. The molecule has 0 saturated carbocycles. The number of benzene rings is 2. The molecule has 1 saturated heterocycles. The number of hydrogen-bond donors (Lipinski definition) is 0. The zero-order chi connectivity index (χ0) is 20.4. The molecule has 0 unspecified atom stereocenters. The molecule has 1 aliphatic rings. The van der Waals surface area contributed by atoms with Crippen LogP contribution in [0.25, 0.3) is 5.69 Å². The van der Waals surface area contributed by atoms with Gasteiger partial charge in [-0.1, -0.05) is 17.7 Å². The molecule has 29 heavy (non-hydrogen) atoms. The third kappa shape index (κ3) is 4.31. The van der Waals surface area contributed by atoms with Crippen LogP contribution in [0.1, 0.15) is 27.3 Å². The topological polar surface area (TPSA) is 67.2 Å². The van der Waals surface area contributed by atoms with Gasteiger partial charge < -0.3 is 4.90 Å². The Hall–Kier alpha value is -2.77. The van der Waals surface area contributed by atoms with E-state index < -0.39 is 0 Å². The fourth-order valence-electron chi connectivity index (χ4n) is 3.45. The van der Waals surface area contributed by atoms with Crippen LogP contribution in [0, 0.1) is 13.8 Å². The summed E-state index contributed by atoms with van der Waals surface area (Å²) >= 11 is 5.97. The van der Waals surface area contributed by atoms with Gasteiger partial charge in [-0.15, -0.1) is 5.10 Å². The number of carbonyl (C=O) groups excluding carboxylic acids is 1. The van der Waals surface area contributed by atoms with Gasteiger partial charge in [0.05, 0.1) is 12.2 Å². The molecule has 1 fully saturated rings. The Morgan fingerprint density at radius 1 is 1.00 bits per heavy atom. The van der Waals surface area contributed by atoms with Crippen LogP contribution in [0.5, 0.6) is 0 Å². The van der Waals surface area contributed by atoms with E-state index in [0.717, 1.165) is 35.7 Å². The van der Waals surface area contributed by atoms with E-state index in [2.05, 4.69) is 27.3 Å². The van der Waals surface area contributed by atoms with Crippen LogP contribution in [0.4, 0.5) is 0 Å². The predicted molar refractivity (Wildman–Crippen MR) is 111 cm³/mol. The van der Waals surface area contributed by atoms with E-state index in [1.54, 1.807) is 4.68 Å². The number of hydrogen-bond acceptors (Lipinski definition) is 5. The van der Waals surface area contributed by atoms with Crippen LogP contribution in [-0.4, -0.2) is 62.1 Å². The van der Waals surface area contributed by atoms with Crippen molar-refractivity contribution in [2.24, 2.45) is 0 Å². The highest BCUT2D eigenvalue weighted by Crippen LogP contribution is 2.16. The molecule has 2 aromatic carbocycles. The molecule has 0 atom stereocenters. The number of rotatable bonds is 4. The first-order valence-corrected chi connectivity index (χ1v) is 10.0. The maximum atomic E-state index is 12.8. The van der Waals surface area contributed by atoms with Crippen molar-refractivity contribution in [1.82, 2.24) is 30.0 Å². The lowest BCUT2D eigenvalue weighted by Crippen LogP contribution is -2.48. The molecule has 0 radical (unpaired) electrons. The van der Waals surface area contributed by atoms with Crippen molar-refractivity contribution < 1.29 is 4.79 Å². The minimum absolute atomic E-state index is 0.0961. The van der Waals surface area contributed by atoms with Gasteiger partial charge >= 0.3 is 0 Å². The molecule has 7 nitrogen and oxygen atoms in total. The van der Waals surface area contributed by atoms with Crippen LogP contribution in [0.2, 0.25) is 5.02 Å². The molecule has 4 rings (SSSR count). The molecule has 0 aliphatic carbocycles. The first-order chi connectivity index (χ1) is 14.0. The van der Waals surface area contributed by atoms with Gasteiger partial charge in [-0.2, -0.15) is 4.68 Å². The number of amides is 1. The van der Waals surface area contributed by atoms with E-state index in [-0.39, 0.29) is 5.91 Å². The van der Waals surface area contributed by atoms with Gasteiger partial charge in [0.2, 0.25) is 0 Å². The Bertz CT molecular complexity index is 1010. The van der Waals surface area contributed by atoms with Gasteiger partial charge in [0.1, 0.15) is 0 Å². The number of halogens is 1. The molecule has 0 N–H and O–H groups in total. The van der Waals surface area contributed by atoms with E-state index in [4.69, 9.17) is 11.6 Å². The molecule has 3 aromatic rings. The highest BCUT2D eigenvalue weighted by atomic mass is 35.5. The van der Waals surface area contributed by atoms with E-state index in [1.807, 2.05) is 54.3 Å². The van der Waals surface area contributed by atoms with Crippen molar-refractivity contribution in [3.8, 4) is 5.69 Å². The molecule has 0 bridgehead atoms. The van der Waals surface area contributed by atoms with Crippen LogP contribution < -0.4 is 0 Å². The normalized spacial score (nSPS) is 14.9. The van der Waals surface area contributed by atoms with Crippen molar-refractivity contribution in [3.05, 3.63) is 70.0 Å². The van der Waals surface area contributed by atoms with Crippen molar-refractivity contribution >= 4 is 17.5 Å². The summed E-state index contributed by atoms with van der Waals surface area (Å²) in [6.45, 7) is 7.66. The first-order valence-electron chi connectivity index (χ1n) is 9.63. The summed E-state index contributed by atoms with van der Waals surface area (Å²) in [4.78, 5) is 17.0. The average molecular weight is 411 g/mol. The lowest BCUT2D eigenvalue weighted by molar-refractivity contribution is 0.0624. The average Bonchev–Trinajstić information content (AvgIpc) is 3.19. The summed E-state index contributed by atoms with van der Waals surface area (Å²) in [5.41, 5.74) is 3.97. The first kappa shape index (κ1) is 19.5. The number of nitrogens with zero attached hydrogens (tertiary/aromatic N) is 6. The van der Waals surface area contributed by atoms with Crippen molar-refractivity contribution in [3.63, 3.8) is 0 Å². The van der Waals surface area contributed by atoms with Gasteiger partial charge in [-0.05, 0) is 71.8 Å². The number of piperazine rings is 1. The third-order valence-corrected chi connectivity index (χ3v) is 5.64. The van der Waals surface area contributed by atoms with E-state index >= 15 is 0 Å². The third-order valence-electron chi connectivity index (χ3n) is 5.38. The zero-order valence-corrected chi connectivity index (χ0v) is 17.3. The van der Waals surface area contributed by atoms with Gasteiger partial charge in [0, 0.05) is 36.8 Å². The standard InChI is InChI=1S/C21H23ClN6O/c1-15-3-4-17(13-16(15)2)21(29)27-11-9-26(10-12-27)14-20-23-24-25-28(20)19-7-5-18(22)6-8-19/h3-8,13H,9-12,14H2,1-2H3. The number of aryl methyl sites for hydroxylation is 2. The van der Waals surface area contributed by atoms with Crippen molar-refractivity contribution in [1.29, 1.82) is 0 Å². The second-order valence-corrected chi connectivity index (χ2v) is 7.79. The fraction of sp³-hybridized carbons (Fsp3) is 0.333. The molecule has 1 aromatic heterocycles. The zero-order valence-electron chi connectivity index (χ0n) is 16.5. The molecular formula is C21H23ClN6O. The van der Waals surface area contributed by atoms with E-state index in [1.165, 1.54) is 5.56 Å². The van der Waals surface area contributed by atoms with Gasteiger partial charge in [-0.25, -0.2) is 0 Å². The number of aromatic nitrogens is 4. The highest BCUT2D eigenvalue weighted by Gasteiger charge is 2.23. The molecule has 0 spiro atoms. The van der Waals surface area contributed by atoms with Gasteiger partial charge in [0.25, 0.3) is 5.91 Å². The number of carbonyl (C=O) groups is 1. The van der Waals surface area contributed by atoms with Crippen LogP contribution >= 0.6 is 11.6 Å². The lowest BCUT2D eigenvalue weighted by Gasteiger charge is -2.34. The summed E-state index contributed by atoms with van der Waals surface area (Å²) in [6.07, 6.45) is 0. The number of tetrazole rings is 1. The smallest absolute Gasteiger partial charge is 0.253 e. The molecule has 150 valence electrons. The summed E-state index contributed by atoms with van der Waals surface area (Å²) in [5.74, 6) is 0.861. The Balaban J connectivity index is 1.38. The Morgan fingerprint density at radius 3 is 2.41 bits per heavy atom. The van der Waals surface area contributed by atoms with Crippen LogP contribution in [0.15, 0.2) is 42.5 Å².